The highest BCUT2D eigenvalue weighted by atomic mass is 19.1. The fourth-order valence-electron chi connectivity index (χ4n) is 5.03. The van der Waals surface area contributed by atoms with Gasteiger partial charge in [0, 0.05) is 26.7 Å². The fraction of sp³-hybridized carbons (Fsp3) is 0.480. The Morgan fingerprint density at radius 2 is 1.84 bits per heavy atom. The summed E-state index contributed by atoms with van der Waals surface area (Å²) in [6, 6.07) is 16.5. The van der Waals surface area contributed by atoms with E-state index in [4.69, 9.17) is 9.47 Å². The zero-order valence-electron chi connectivity index (χ0n) is 18.1. The molecule has 2 aromatic carbocycles. The van der Waals surface area contributed by atoms with Gasteiger partial charge in [0.1, 0.15) is 12.4 Å². The predicted molar refractivity (Wildman–Crippen MR) is 117 cm³/mol. The minimum Gasteiger partial charge on any atom is -0.445 e. The van der Waals surface area contributed by atoms with Gasteiger partial charge in [0.25, 0.3) is 0 Å². The molecule has 1 atom stereocenters. The van der Waals surface area contributed by atoms with Crippen molar-refractivity contribution in [3.63, 3.8) is 0 Å². The summed E-state index contributed by atoms with van der Waals surface area (Å²) in [4.78, 5) is 14.8. The third-order valence-electron chi connectivity index (χ3n) is 6.87. The van der Waals surface area contributed by atoms with E-state index in [1.807, 2.05) is 47.4 Å². The molecule has 4 rings (SSSR count). The topological polar surface area (TPSA) is 50.8 Å². The summed E-state index contributed by atoms with van der Waals surface area (Å²) in [6.07, 6.45) is 3.35. The number of halogens is 1. The highest BCUT2D eigenvalue weighted by molar-refractivity contribution is 5.68. The van der Waals surface area contributed by atoms with E-state index in [9.17, 15) is 9.18 Å². The summed E-state index contributed by atoms with van der Waals surface area (Å²) in [5.74, 6) is 0.141. The Kier molecular flexibility index (Phi) is 6.88. The number of benzene rings is 2. The minimum absolute atomic E-state index is 0.111. The van der Waals surface area contributed by atoms with E-state index in [0.717, 1.165) is 49.9 Å². The number of nitrogens with one attached hydrogen (secondary N) is 1. The largest absolute Gasteiger partial charge is 0.445 e. The van der Waals surface area contributed by atoms with Crippen LogP contribution >= 0.6 is 0 Å². The molecule has 0 bridgehead atoms. The van der Waals surface area contributed by atoms with Crippen LogP contribution in [0.4, 0.5) is 9.18 Å². The van der Waals surface area contributed by atoms with Crippen molar-refractivity contribution >= 4 is 6.09 Å². The van der Waals surface area contributed by atoms with Gasteiger partial charge < -0.3 is 19.7 Å². The van der Waals surface area contributed by atoms with E-state index in [1.54, 1.807) is 7.11 Å². The van der Waals surface area contributed by atoms with Crippen LogP contribution in [0.25, 0.3) is 0 Å². The lowest BCUT2D eigenvalue weighted by Gasteiger charge is -2.45. The van der Waals surface area contributed by atoms with E-state index < -0.39 is 0 Å². The average molecular weight is 427 g/mol. The Morgan fingerprint density at radius 1 is 1.13 bits per heavy atom. The molecule has 31 heavy (non-hydrogen) atoms. The fourth-order valence-corrected chi connectivity index (χ4v) is 5.03. The van der Waals surface area contributed by atoms with Crippen LogP contribution in [-0.2, 0) is 21.7 Å². The highest BCUT2D eigenvalue weighted by Crippen LogP contribution is 2.44. The molecule has 1 N–H and O–H groups in total. The lowest BCUT2D eigenvalue weighted by molar-refractivity contribution is -0.0641. The molecule has 6 heteroatoms. The first-order chi connectivity index (χ1) is 15.1. The van der Waals surface area contributed by atoms with Crippen molar-refractivity contribution in [2.24, 2.45) is 5.92 Å². The molecule has 2 aromatic rings. The van der Waals surface area contributed by atoms with E-state index in [-0.39, 0.29) is 23.6 Å². The van der Waals surface area contributed by atoms with Crippen molar-refractivity contribution in [3.05, 3.63) is 71.5 Å². The number of amides is 1. The molecule has 1 heterocycles. The van der Waals surface area contributed by atoms with Gasteiger partial charge in [0.05, 0.1) is 11.6 Å². The second-order valence-corrected chi connectivity index (χ2v) is 8.55. The summed E-state index contributed by atoms with van der Waals surface area (Å²) in [5, 5.41) is 3.44. The van der Waals surface area contributed by atoms with Gasteiger partial charge in [-0.25, -0.2) is 9.18 Å². The van der Waals surface area contributed by atoms with Crippen molar-refractivity contribution in [2.45, 2.75) is 43.9 Å². The monoisotopic (exact) mass is 426 g/mol. The molecule has 5 nitrogen and oxygen atoms in total. The van der Waals surface area contributed by atoms with Gasteiger partial charge in [0.2, 0.25) is 0 Å². The molecule has 1 unspecified atom stereocenters. The molecule has 0 radical (unpaired) electrons. The smallest absolute Gasteiger partial charge is 0.410 e. The molecular formula is C25H31FN2O3. The van der Waals surface area contributed by atoms with Crippen molar-refractivity contribution in [3.8, 4) is 0 Å². The molecule has 1 saturated heterocycles. The van der Waals surface area contributed by atoms with Crippen molar-refractivity contribution in [1.82, 2.24) is 10.2 Å². The van der Waals surface area contributed by atoms with Crippen LogP contribution in [0.5, 0.6) is 0 Å². The molecule has 1 aliphatic heterocycles. The van der Waals surface area contributed by atoms with Crippen molar-refractivity contribution < 1.29 is 18.7 Å². The highest BCUT2D eigenvalue weighted by Gasteiger charge is 2.42. The van der Waals surface area contributed by atoms with Crippen LogP contribution in [0.2, 0.25) is 0 Å². The molecule has 1 amide bonds. The molecule has 1 aliphatic carbocycles. The SMILES string of the molecule is COC1(c2ccc(F)cc2)CCC(C2CNCCN2C(=O)OCc2ccccc2)CC1. The van der Waals surface area contributed by atoms with Gasteiger partial charge in [-0.1, -0.05) is 42.5 Å². The van der Waals surface area contributed by atoms with E-state index >= 15 is 0 Å². The Morgan fingerprint density at radius 3 is 2.52 bits per heavy atom. The summed E-state index contributed by atoms with van der Waals surface area (Å²) >= 11 is 0. The molecule has 0 aromatic heterocycles. The van der Waals surface area contributed by atoms with Gasteiger partial charge in [-0.3, -0.25) is 0 Å². The van der Waals surface area contributed by atoms with Crippen LogP contribution in [0.15, 0.2) is 54.6 Å². The number of piperazine rings is 1. The average Bonchev–Trinajstić information content (AvgIpc) is 2.84. The zero-order chi connectivity index (χ0) is 21.7. The molecule has 0 spiro atoms. The lowest BCUT2D eigenvalue weighted by atomic mass is 9.72. The van der Waals surface area contributed by atoms with Crippen LogP contribution in [0.1, 0.15) is 36.8 Å². The standard InChI is InChI=1S/C25H31FN2O3/c1-30-25(21-7-9-22(26)10-8-21)13-11-20(12-14-25)23-17-27-15-16-28(23)24(29)31-18-19-5-3-2-4-6-19/h2-10,20,23,27H,11-18H2,1H3. The van der Waals surface area contributed by atoms with Crippen LogP contribution in [0.3, 0.4) is 0 Å². The first-order valence-corrected chi connectivity index (χ1v) is 11.1. The number of hydrogen-bond acceptors (Lipinski definition) is 4. The first-order valence-electron chi connectivity index (χ1n) is 11.1. The molecular weight excluding hydrogens is 395 g/mol. The number of ether oxygens (including phenoxy) is 2. The maximum absolute atomic E-state index is 13.4. The van der Waals surface area contributed by atoms with Crippen molar-refractivity contribution in [2.75, 3.05) is 26.7 Å². The number of carbonyl (C=O) groups is 1. The van der Waals surface area contributed by atoms with E-state index in [1.165, 1.54) is 12.1 Å². The number of carbonyl (C=O) groups excluding carboxylic acids is 1. The number of methoxy groups -OCH3 is 1. The third kappa shape index (κ3) is 4.91. The van der Waals surface area contributed by atoms with E-state index in [2.05, 4.69) is 5.32 Å². The Bertz CT molecular complexity index is 851. The van der Waals surface area contributed by atoms with E-state index in [0.29, 0.717) is 19.1 Å². The van der Waals surface area contributed by atoms with Gasteiger partial charge in [-0.15, -0.1) is 0 Å². The predicted octanol–water partition coefficient (Wildman–Crippen LogP) is 4.47. The van der Waals surface area contributed by atoms with Crippen LogP contribution in [0, 0.1) is 11.7 Å². The molecule has 1 saturated carbocycles. The molecule has 2 fully saturated rings. The van der Waals surface area contributed by atoms with Gasteiger partial charge in [-0.2, -0.15) is 0 Å². The summed E-state index contributed by atoms with van der Waals surface area (Å²) < 4.78 is 25.0. The lowest BCUT2D eigenvalue weighted by Crippen LogP contribution is -2.57. The summed E-state index contributed by atoms with van der Waals surface area (Å²) in [6.45, 7) is 2.50. The Balaban J connectivity index is 1.39. The zero-order valence-corrected chi connectivity index (χ0v) is 18.1. The van der Waals surface area contributed by atoms with Gasteiger partial charge >= 0.3 is 6.09 Å². The Labute approximate surface area is 183 Å². The second-order valence-electron chi connectivity index (χ2n) is 8.55. The summed E-state index contributed by atoms with van der Waals surface area (Å²) in [5.41, 5.74) is 1.63. The Hall–Kier alpha value is -2.44. The van der Waals surface area contributed by atoms with Gasteiger partial charge in [-0.05, 0) is 54.9 Å². The number of hydrogen-bond donors (Lipinski definition) is 1. The second kappa shape index (κ2) is 9.79. The number of nitrogens with zero attached hydrogens (tertiary/aromatic N) is 1. The van der Waals surface area contributed by atoms with Gasteiger partial charge in [0.15, 0.2) is 0 Å². The van der Waals surface area contributed by atoms with Crippen molar-refractivity contribution in [1.29, 1.82) is 0 Å². The first kappa shape index (κ1) is 21.8. The maximum Gasteiger partial charge on any atom is 0.410 e. The summed E-state index contributed by atoms with van der Waals surface area (Å²) in [7, 11) is 1.74. The molecule has 166 valence electrons. The minimum atomic E-state index is -0.384. The number of rotatable bonds is 5. The van der Waals surface area contributed by atoms with Crippen LogP contribution in [-0.4, -0.2) is 43.8 Å². The third-order valence-corrected chi connectivity index (χ3v) is 6.87. The quantitative estimate of drug-likeness (QED) is 0.767. The maximum atomic E-state index is 13.4. The molecule has 2 aliphatic rings. The van der Waals surface area contributed by atoms with Crippen LogP contribution < -0.4 is 5.32 Å². The normalized spacial score (nSPS) is 26.5.